The lowest BCUT2D eigenvalue weighted by Crippen LogP contribution is -2.32. The average molecular weight is 403 g/mol. The fourth-order valence-electron chi connectivity index (χ4n) is 3.33. The van der Waals surface area contributed by atoms with Gasteiger partial charge in [-0.15, -0.1) is 0 Å². The van der Waals surface area contributed by atoms with Crippen LogP contribution in [0.1, 0.15) is 12.0 Å². The van der Waals surface area contributed by atoms with Crippen LogP contribution in [0.15, 0.2) is 60.8 Å². The van der Waals surface area contributed by atoms with E-state index < -0.39 is 10.0 Å². The van der Waals surface area contributed by atoms with E-state index in [0.717, 1.165) is 10.9 Å². The van der Waals surface area contributed by atoms with E-state index in [4.69, 9.17) is 16.3 Å². The maximum atomic E-state index is 12.7. The number of halogens is 1. The Morgan fingerprint density at radius 2 is 1.96 bits per heavy atom. The molecule has 3 aromatic rings. The van der Waals surface area contributed by atoms with Crippen LogP contribution in [0.2, 0.25) is 5.02 Å². The van der Waals surface area contributed by atoms with E-state index in [1.54, 1.807) is 30.5 Å². The van der Waals surface area contributed by atoms with Gasteiger partial charge in [0.15, 0.2) is 0 Å². The number of hydrogen-bond acceptors (Lipinski definition) is 4. The zero-order valence-electron chi connectivity index (χ0n) is 14.6. The van der Waals surface area contributed by atoms with Gasteiger partial charge in [0, 0.05) is 23.2 Å². The maximum absolute atomic E-state index is 12.7. The average Bonchev–Trinajstić information content (AvgIpc) is 3.11. The Morgan fingerprint density at radius 1 is 1.15 bits per heavy atom. The third-order valence-electron chi connectivity index (χ3n) is 4.63. The Labute approximate surface area is 163 Å². The van der Waals surface area contributed by atoms with Gasteiger partial charge in [0.2, 0.25) is 10.0 Å². The minimum Gasteiger partial charge on any atom is -0.487 e. The maximum Gasteiger partial charge on any atom is 0.218 e. The van der Waals surface area contributed by atoms with Crippen LogP contribution in [0.4, 0.5) is 0 Å². The van der Waals surface area contributed by atoms with Crippen molar-refractivity contribution in [2.45, 2.75) is 18.3 Å². The van der Waals surface area contributed by atoms with E-state index in [1.807, 2.05) is 30.3 Å². The molecule has 0 saturated carbocycles. The molecule has 5 nitrogen and oxygen atoms in total. The van der Waals surface area contributed by atoms with E-state index in [0.29, 0.717) is 35.8 Å². The highest BCUT2D eigenvalue weighted by Gasteiger charge is 2.32. The fraction of sp³-hybridized carbons (Fsp3) is 0.250. The molecule has 1 aromatic heterocycles. The van der Waals surface area contributed by atoms with Crippen molar-refractivity contribution >= 4 is 32.5 Å². The fourth-order valence-corrected chi connectivity index (χ4v) is 5.10. The van der Waals surface area contributed by atoms with Crippen LogP contribution < -0.4 is 4.74 Å². The highest BCUT2D eigenvalue weighted by molar-refractivity contribution is 7.88. The van der Waals surface area contributed by atoms with Crippen molar-refractivity contribution in [1.29, 1.82) is 0 Å². The number of nitrogens with zero attached hydrogens (tertiary/aromatic N) is 2. The molecule has 4 rings (SSSR count). The lowest BCUT2D eigenvalue weighted by Gasteiger charge is -2.18. The van der Waals surface area contributed by atoms with Crippen molar-refractivity contribution in [3.05, 3.63) is 71.4 Å². The normalized spacial score (nSPS) is 18.0. The molecule has 0 aliphatic carbocycles. The number of fused-ring (bicyclic) bond motifs is 1. The minimum atomic E-state index is -3.42. The Kier molecular flexibility index (Phi) is 5.04. The molecule has 1 unspecified atom stereocenters. The van der Waals surface area contributed by atoms with Gasteiger partial charge in [0.25, 0.3) is 0 Å². The summed E-state index contributed by atoms with van der Waals surface area (Å²) in [6.07, 6.45) is 2.19. The van der Waals surface area contributed by atoms with Crippen LogP contribution in [-0.2, 0) is 15.8 Å². The SMILES string of the molecule is O=S(=O)(Cc1cccc(Cl)c1)N1CCC(Oc2cccc3cccnc23)C1. The van der Waals surface area contributed by atoms with Crippen molar-refractivity contribution in [2.75, 3.05) is 13.1 Å². The third kappa shape index (κ3) is 4.08. The summed E-state index contributed by atoms with van der Waals surface area (Å²) in [6.45, 7) is 0.790. The monoisotopic (exact) mass is 402 g/mol. The van der Waals surface area contributed by atoms with E-state index in [9.17, 15) is 8.42 Å². The van der Waals surface area contributed by atoms with Gasteiger partial charge in [0.1, 0.15) is 17.4 Å². The number of sulfonamides is 1. The molecule has 140 valence electrons. The van der Waals surface area contributed by atoms with Crippen molar-refractivity contribution in [2.24, 2.45) is 0 Å². The summed E-state index contributed by atoms with van der Waals surface area (Å²) < 4.78 is 33.1. The number of para-hydroxylation sites is 1. The largest absolute Gasteiger partial charge is 0.487 e. The van der Waals surface area contributed by atoms with E-state index in [1.165, 1.54) is 4.31 Å². The molecule has 1 saturated heterocycles. The summed E-state index contributed by atoms with van der Waals surface area (Å²) >= 11 is 5.96. The van der Waals surface area contributed by atoms with E-state index >= 15 is 0 Å². The zero-order chi connectivity index (χ0) is 18.9. The van der Waals surface area contributed by atoms with Crippen molar-refractivity contribution in [3.8, 4) is 5.75 Å². The lowest BCUT2D eigenvalue weighted by molar-refractivity contribution is 0.218. The molecule has 7 heteroatoms. The highest BCUT2D eigenvalue weighted by Crippen LogP contribution is 2.27. The predicted molar refractivity (Wildman–Crippen MR) is 106 cm³/mol. The molecule has 27 heavy (non-hydrogen) atoms. The number of ether oxygens (including phenoxy) is 1. The quantitative estimate of drug-likeness (QED) is 0.650. The van der Waals surface area contributed by atoms with Crippen LogP contribution in [0.3, 0.4) is 0 Å². The summed E-state index contributed by atoms with van der Waals surface area (Å²) in [6, 6.07) is 16.6. The topological polar surface area (TPSA) is 59.5 Å². The lowest BCUT2D eigenvalue weighted by atomic mass is 10.2. The second-order valence-corrected chi connectivity index (χ2v) is 9.01. The first kappa shape index (κ1) is 18.2. The van der Waals surface area contributed by atoms with Crippen molar-refractivity contribution in [1.82, 2.24) is 9.29 Å². The highest BCUT2D eigenvalue weighted by atomic mass is 35.5. The molecule has 0 amide bonds. The van der Waals surface area contributed by atoms with Crippen molar-refractivity contribution < 1.29 is 13.2 Å². The number of aromatic nitrogens is 1. The van der Waals surface area contributed by atoms with Crippen molar-refractivity contribution in [3.63, 3.8) is 0 Å². The molecule has 2 aromatic carbocycles. The van der Waals surface area contributed by atoms with Gasteiger partial charge in [-0.05, 0) is 36.2 Å². The smallest absolute Gasteiger partial charge is 0.218 e. The standard InChI is InChI=1S/C20H19ClN2O3S/c21-17-7-1-4-15(12-17)14-27(24,25)23-11-9-18(13-23)26-19-8-2-5-16-6-3-10-22-20(16)19/h1-8,10,12,18H,9,11,13-14H2. The van der Waals surface area contributed by atoms with Gasteiger partial charge in [0.05, 0.1) is 12.3 Å². The van der Waals surface area contributed by atoms with Crippen LogP contribution in [0.25, 0.3) is 10.9 Å². The van der Waals surface area contributed by atoms with Gasteiger partial charge in [-0.25, -0.2) is 8.42 Å². The molecular formula is C20H19ClN2O3S. The van der Waals surface area contributed by atoms with Gasteiger partial charge in [-0.2, -0.15) is 4.31 Å². The number of pyridine rings is 1. The first-order valence-corrected chi connectivity index (χ1v) is 10.7. The van der Waals surface area contributed by atoms with E-state index in [-0.39, 0.29) is 11.9 Å². The Balaban J connectivity index is 1.46. The molecule has 0 radical (unpaired) electrons. The first-order chi connectivity index (χ1) is 13.0. The third-order valence-corrected chi connectivity index (χ3v) is 6.68. The molecule has 1 aliphatic rings. The first-order valence-electron chi connectivity index (χ1n) is 8.74. The molecule has 2 heterocycles. The van der Waals surface area contributed by atoms with Crippen LogP contribution in [-0.4, -0.2) is 36.9 Å². The van der Waals surface area contributed by atoms with Gasteiger partial charge < -0.3 is 4.74 Å². The Hall–Kier alpha value is -2.15. The number of benzene rings is 2. The summed E-state index contributed by atoms with van der Waals surface area (Å²) in [4.78, 5) is 4.39. The molecule has 0 bridgehead atoms. The Morgan fingerprint density at radius 3 is 2.81 bits per heavy atom. The summed E-state index contributed by atoms with van der Waals surface area (Å²) in [5.74, 6) is 0.628. The number of hydrogen-bond donors (Lipinski definition) is 0. The molecule has 1 fully saturated rings. The van der Waals surface area contributed by atoms with Crippen LogP contribution in [0, 0.1) is 0 Å². The molecule has 0 spiro atoms. The van der Waals surface area contributed by atoms with Gasteiger partial charge >= 0.3 is 0 Å². The zero-order valence-corrected chi connectivity index (χ0v) is 16.2. The minimum absolute atomic E-state index is 0.0594. The summed E-state index contributed by atoms with van der Waals surface area (Å²) in [7, 11) is -3.42. The second kappa shape index (κ2) is 7.46. The summed E-state index contributed by atoms with van der Waals surface area (Å²) in [5.41, 5.74) is 1.48. The number of rotatable bonds is 5. The van der Waals surface area contributed by atoms with Crippen LogP contribution >= 0.6 is 11.6 Å². The molecule has 1 aliphatic heterocycles. The van der Waals surface area contributed by atoms with Crippen LogP contribution in [0.5, 0.6) is 5.75 Å². The Bertz CT molecular complexity index is 1070. The molecule has 1 atom stereocenters. The predicted octanol–water partition coefficient (Wildman–Crippen LogP) is 3.87. The molecular weight excluding hydrogens is 384 g/mol. The van der Waals surface area contributed by atoms with E-state index in [2.05, 4.69) is 4.98 Å². The summed E-state index contributed by atoms with van der Waals surface area (Å²) in [5, 5.41) is 1.53. The molecule has 0 N–H and O–H groups in total. The second-order valence-electron chi connectivity index (χ2n) is 6.60. The van der Waals surface area contributed by atoms with Gasteiger partial charge in [-0.1, -0.05) is 41.9 Å². The van der Waals surface area contributed by atoms with Gasteiger partial charge in [-0.3, -0.25) is 4.98 Å².